The van der Waals surface area contributed by atoms with Gasteiger partial charge in [-0.05, 0) is 40.0 Å². The zero-order chi connectivity index (χ0) is 23.3. The summed E-state index contributed by atoms with van der Waals surface area (Å²) in [6, 6.07) is -2.05. The molecule has 4 amide bonds. The van der Waals surface area contributed by atoms with Crippen LogP contribution in [0.1, 0.15) is 59.8 Å². The van der Waals surface area contributed by atoms with Gasteiger partial charge in [-0.15, -0.1) is 0 Å². The molecule has 11 heteroatoms. The van der Waals surface area contributed by atoms with E-state index in [-0.39, 0.29) is 25.4 Å². The molecule has 4 N–H and O–H groups in total. The Morgan fingerprint density at radius 2 is 1.81 bits per heavy atom. The van der Waals surface area contributed by atoms with Crippen molar-refractivity contribution in [3.8, 4) is 0 Å². The maximum Gasteiger partial charge on any atom is 0.411 e. The Hall–Kier alpha value is -2.85. The molecule has 0 bridgehead atoms. The minimum absolute atomic E-state index is 0.00464. The van der Waals surface area contributed by atoms with Crippen molar-refractivity contribution >= 4 is 29.8 Å². The van der Waals surface area contributed by atoms with E-state index in [0.717, 1.165) is 17.7 Å². The summed E-state index contributed by atoms with van der Waals surface area (Å²) in [6.07, 6.45) is -0.0893. The maximum atomic E-state index is 13.0. The number of rotatable bonds is 8. The molecule has 2 rings (SSSR count). The van der Waals surface area contributed by atoms with Crippen LogP contribution in [0.25, 0.3) is 0 Å². The highest BCUT2D eigenvalue weighted by Gasteiger charge is 2.44. The molecule has 2 aliphatic rings. The van der Waals surface area contributed by atoms with Gasteiger partial charge in [0.05, 0.1) is 12.6 Å². The summed E-state index contributed by atoms with van der Waals surface area (Å²) in [5.74, 6) is -2.09. The fourth-order valence-electron chi connectivity index (χ4n) is 3.29. The van der Waals surface area contributed by atoms with E-state index in [1.807, 2.05) is 6.92 Å². The Balaban J connectivity index is 2.12. The first-order valence-corrected chi connectivity index (χ1v) is 10.5. The van der Waals surface area contributed by atoms with Crippen molar-refractivity contribution in [3.05, 3.63) is 0 Å². The quantitative estimate of drug-likeness (QED) is 0.466. The molecule has 3 atom stereocenters. The predicted molar refractivity (Wildman–Crippen MR) is 109 cm³/mol. The highest BCUT2D eigenvalue weighted by Crippen LogP contribution is 2.24. The molecular weight excluding hydrogens is 408 g/mol. The van der Waals surface area contributed by atoms with Gasteiger partial charge in [0.25, 0.3) is 5.91 Å². The minimum Gasteiger partial charge on any atom is -0.444 e. The monoisotopic (exact) mass is 440 g/mol. The van der Waals surface area contributed by atoms with Crippen LogP contribution in [0.5, 0.6) is 0 Å². The van der Waals surface area contributed by atoms with Crippen LogP contribution in [0.2, 0.25) is 0 Å². The number of likely N-dealkylation sites (tertiary alicyclic amines) is 1. The molecule has 31 heavy (non-hydrogen) atoms. The van der Waals surface area contributed by atoms with E-state index in [0.29, 0.717) is 6.42 Å². The first-order chi connectivity index (χ1) is 14.4. The number of nitrogens with zero attached hydrogens (tertiary/aromatic N) is 1. The summed E-state index contributed by atoms with van der Waals surface area (Å²) in [7, 11) is 0. The van der Waals surface area contributed by atoms with Crippen molar-refractivity contribution in [3.63, 3.8) is 0 Å². The van der Waals surface area contributed by atoms with Crippen LogP contribution in [0, 0.1) is 0 Å². The van der Waals surface area contributed by atoms with Gasteiger partial charge in [0.1, 0.15) is 17.7 Å². The summed E-state index contributed by atoms with van der Waals surface area (Å²) < 4.78 is 10.3. The van der Waals surface area contributed by atoms with Crippen LogP contribution in [0.3, 0.4) is 0 Å². The van der Waals surface area contributed by atoms with Crippen molar-refractivity contribution in [2.24, 2.45) is 5.73 Å². The fourth-order valence-corrected chi connectivity index (χ4v) is 3.29. The van der Waals surface area contributed by atoms with Crippen LogP contribution < -0.4 is 16.4 Å². The van der Waals surface area contributed by atoms with Crippen molar-refractivity contribution in [2.45, 2.75) is 89.6 Å². The van der Waals surface area contributed by atoms with Crippen LogP contribution >= 0.6 is 0 Å². The SMILES string of the molecule is CCC[C@H](NC(=O)[C@@H]1C[C@@H](OC(N)=O)CN1C(=O)OC(C)(C)C)C(=O)C(=O)NC1CC1. The molecule has 1 saturated carbocycles. The molecule has 1 heterocycles. The number of hydrogen-bond donors (Lipinski definition) is 3. The average molecular weight is 440 g/mol. The highest BCUT2D eigenvalue weighted by molar-refractivity contribution is 6.38. The summed E-state index contributed by atoms with van der Waals surface area (Å²) in [4.78, 5) is 62.6. The van der Waals surface area contributed by atoms with Crippen LogP contribution in [-0.2, 0) is 23.9 Å². The predicted octanol–water partition coefficient (Wildman–Crippen LogP) is 0.592. The van der Waals surface area contributed by atoms with Gasteiger partial charge in [-0.2, -0.15) is 0 Å². The summed E-state index contributed by atoms with van der Waals surface area (Å²) in [5.41, 5.74) is 4.27. The topological polar surface area (TPSA) is 157 Å². The second-order valence-corrected chi connectivity index (χ2v) is 8.90. The third-order valence-electron chi connectivity index (χ3n) is 4.82. The Kier molecular flexibility index (Phi) is 7.85. The van der Waals surface area contributed by atoms with Crippen LogP contribution in [0.15, 0.2) is 0 Å². The van der Waals surface area contributed by atoms with E-state index in [9.17, 15) is 24.0 Å². The standard InChI is InChI=1S/C20H32N4O7/c1-5-6-13(15(25)17(27)22-11-7-8-11)23-16(26)14-9-12(30-18(21)28)10-24(14)19(29)31-20(2,3)4/h11-14H,5-10H2,1-4H3,(H2,21,28)(H,22,27)(H,23,26)/t12-,13+,14+/m1/s1. The number of ether oxygens (including phenoxy) is 2. The molecule has 174 valence electrons. The molecule has 1 aliphatic heterocycles. The van der Waals surface area contributed by atoms with Gasteiger partial charge in [-0.25, -0.2) is 9.59 Å². The second-order valence-electron chi connectivity index (χ2n) is 8.90. The molecule has 0 unspecified atom stereocenters. The molecule has 2 fully saturated rings. The molecule has 0 radical (unpaired) electrons. The van der Waals surface area contributed by atoms with Gasteiger partial charge in [-0.3, -0.25) is 19.3 Å². The second kappa shape index (κ2) is 9.97. The van der Waals surface area contributed by atoms with Gasteiger partial charge in [0, 0.05) is 12.5 Å². The summed E-state index contributed by atoms with van der Waals surface area (Å²) in [5, 5.41) is 5.21. The average Bonchev–Trinajstić information content (AvgIpc) is 3.35. The summed E-state index contributed by atoms with van der Waals surface area (Å²) in [6.45, 7) is 6.79. The van der Waals surface area contributed by atoms with Crippen LogP contribution in [-0.4, -0.2) is 71.1 Å². The minimum atomic E-state index is -1.04. The highest BCUT2D eigenvalue weighted by atomic mass is 16.6. The van der Waals surface area contributed by atoms with Crippen molar-refractivity contribution in [1.29, 1.82) is 0 Å². The zero-order valence-corrected chi connectivity index (χ0v) is 18.4. The lowest BCUT2D eigenvalue weighted by molar-refractivity contribution is -0.140. The van der Waals surface area contributed by atoms with E-state index >= 15 is 0 Å². The van der Waals surface area contributed by atoms with Gasteiger partial charge in [0.15, 0.2) is 0 Å². The molecule has 0 aromatic carbocycles. The first-order valence-electron chi connectivity index (χ1n) is 10.5. The van der Waals surface area contributed by atoms with E-state index in [1.165, 1.54) is 0 Å². The number of primary amides is 1. The number of Topliss-reactive ketones (excluding diaryl/α,β-unsaturated/α-hetero) is 1. The van der Waals surface area contributed by atoms with Gasteiger partial charge in [-0.1, -0.05) is 13.3 Å². The maximum absolute atomic E-state index is 13.0. The van der Waals surface area contributed by atoms with Crippen molar-refractivity contribution < 1.29 is 33.4 Å². The van der Waals surface area contributed by atoms with Gasteiger partial charge >= 0.3 is 12.2 Å². The third-order valence-corrected chi connectivity index (χ3v) is 4.82. The first kappa shape index (κ1) is 24.4. The fraction of sp³-hybridized carbons (Fsp3) is 0.750. The van der Waals surface area contributed by atoms with Gasteiger partial charge in [0.2, 0.25) is 11.7 Å². The Morgan fingerprint density at radius 3 is 2.32 bits per heavy atom. The Bertz CT molecular complexity index is 730. The number of ketones is 1. The normalized spacial score (nSPS) is 21.7. The lowest BCUT2D eigenvalue weighted by atomic mass is 10.1. The molecule has 0 aromatic heterocycles. The number of carbonyl (C=O) groups excluding carboxylic acids is 5. The lowest BCUT2D eigenvalue weighted by Gasteiger charge is -2.28. The largest absolute Gasteiger partial charge is 0.444 e. The van der Waals surface area contributed by atoms with E-state index < -0.39 is 53.6 Å². The van der Waals surface area contributed by atoms with E-state index in [1.54, 1.807) is 20.8 Å². The number of hydrogen-bond acceptors (Lipinski definition) is 7. The zero-order valence-electron chi connectivity index (χ0n) is 18.4. The third kappa shape index (κ3) is 7.41. The lowest BCUT2D eigenvalue weighted by Crippen LogP contribution is -2.53. The molecule has 0 spiro atoms. The number of carbonyl (C=O) groups is 5. The van der Waals surface area contributed by atoms with E-state index in [2.05, 4.69) is 10.6 Å². The Morgan fingerprint density at radius 1 is 1.16 bits per heavy atom. The summed E-state index contributed by atoms with van der Waals surface area (Å²) >= 11 is 0. The number of amides is 4. The number of nitrogens with two attached hydrogens (primary N) is 1. The van der Waals surface area contributed by atoms with Crippen molar-refractivity contribution in [1.82, 2.24) is 15.5 Å². The molecule has 1 saturated heterocycles. The van der Waals surface area contributed by atoms with Crippen molar-refractivity contribution in [2.75, 3.05) is 6.54 Å². The van der Waals surface area contributed by atoms with Crippen LogP contribution in [0.4, 0.5) is 9.59 Å². The van der Waals surface area contributed by atoms with E-state index in [4.69, 9.17) is 15.2 Å². The smallest absolute Gasteiger partial charge is 0.411 e. The van der Waals surface area contributed by atoms with Gasteiger partial charge < -0.3 is 25.8 Å². The number of nitrogens with one attached hydrogen (secondary N) is 2. The molecular formula is C20H32N4O7. The molecule has 1 aliphatic carbocycles. The Labute approximate surface area is 181 Å². The molecule has 11 nitrogen and oxygen atoms in total. The molecule has 0 aromatic rings.